The van der Waals surface area contributed by atoms with E-state index < -0.39 is 32.0 Å². The third kappa shape index (κ3) is 7.49. The first-order valence-electron chi connectivity index (χ1n) is 13.9. The average molecular weight is 676 g/mol. The summed E-state index contributed by atoms with van der Waals surface area (Å²) < 4.78 is 92.8. The van der Waals surface area contributed by atoms with Gasteiger partial charge in [0.2, 0.25) is 10.0 Å². The number of hydrogen-bond acceptors (Lipinski definition) is 7. The zero-order valence-electron chi connectivity index (χ0n) is 23.9. The van der Waals surface area contributed by atoms with Crippen LogP contribution < -0.4 is 14.8 Å². The first-order chi connectivity index (χ1) is 20.6. The van der Waals surface area contributed by atoms with Crippen LogP contribution in [0.2, 0.25) is 5.02 Å². The quantitative estimate of drug-likeness (QED) is 0.355. The minimum absolute atomic E-state index is 0.00922. The number of rotatable bonds is 9. The van der Waals surface area contributed by atoms with E-state index in [0.717, 1.165) is 54.4 Å². The maximum absolute atomic E-state index is 13.1. The van der Waals surface area contributed by atoms with E-state index in [9.17, 15) is 30.0 Å². The summed E-state index contributed by atoms with van der Waals surface area (Å²) in [4.78, 5) is 4.34. The molecule has 3 heterocycles. The highest BCUT2D eigenvalue weighted by molar-refractivity contribution is 7.92. The van der Waals surface area contributed by atoms with Gasteiger partial charge in [0.1, 0.15) is 0 Å². The van der Waals surface area contributed by atoms with Gasteiger partial charge in [-0.2, -0.15) is 31.0 Å². The molecule has 3 aromatic rings. The number of nitrogens with two attached hydrogens (primary N) is 1. The number of benzene rings is 2. The van der Waals surface area contributed by atoms with Gasteiger partial charge < -0.3 is 4.90 Å². The van der Waals surface area contributed by atoms with Crippen LogP contribution in [0.5, 0.6) is 0 Å². The average Bonchev–Trinajstić information content (AvgIpc) is 3.30. The van der Waals surface area contributed by atoms with E-state index in [1.54, 1.807) is 18.2 Å². The predicted molar refractivity (Wildman–Crippen MR) is 163 cm³/mol. The van der Waals surface area contributed by atoms with Crippen molar-refractivity contribution in [2.24, 2.45) is 5.14 Å². The fraction of sp³-hybridized carbons (Fsp3) is 0.444. The highest BCUT2D eigenvalue weighted by Gasteiger charge is 2.32. The second-order valence-corrected chi connectivity index (χ2v) is 14.6. The number of halogens is 4. The van der Waals surface area contributed by atoms with E-state index in [1.165, 1.54) is 12.1 Å². The number of piperazine rings is 1. The minimum atomic E-state index is -4.48. The van der Waals surface area contributed by atoms with Crippen LogP contribution in [-0.2, 0) is 45.9 Å². The first-order valence-corrected chi connectivity index (χ1v) is 17.6. The number of nitrogens with one attached hydrogen (secondary N) is 1. The van der Waals surface area contributed by atoms with Crippen LogP contribution in [0.1, 0.15) is 23.2 Å². The van der Waals surface area contributed by atoms with Gasteiger partial charge in [0.25, 0.3) is 10.2 Å². The number of alkyl halides is 3. The molecule has 44 heavy (non-hydrogen) atoms. The van der Waals surface area contributed by atoms with Crippen LogP contribution in [0.15, 0.2) is 42.5 Å². The first kappa shape index (κ1) is 32.5. The smallest absolute Gasteiger partial charge is 0.366 e. The van der Waals surface area contributed by atoms with Crippen LogP contribution in [0.3, 0.4) is 0 Å². The molecular formula is C27H33ClF3N7O4S2. The SMILES string of the molecule is CS(=O)(=O)Nc1cccc(Cl)c1N1CCN(CCCn2nc(-c3ccc(C(F)(F)F)cc3)c3c2CCN(S(N)(=O)=O)C3)CC1. The van der Waals surface area contributed by atoms with Crippen LogP contribution in [0.25, 0.3) is 11.3 Å². The molecular weight excluding hydrogens is 643 g/mol. The molecule has 2 aliphatic rings. The van der Waals surface area contributed by atoms with Gasteiger partial charge in [-0.3, -0.25) is 14.3 Å². The molecule has 1 fully saturated rings. The highest BCUT2D eigenvalue weighted by atomic mass is 35.5. The van der Waals surface area contributed by atoms with E-state index in [-0.39, 0.29) is 13.1 Å². The molecule has 0 radical (unpaired) electrons. The molecule has 0 bridgehead atoms. The van der Waals surface area contributed by atoms with Crippen molar-refractivity contribution in [2.75, 3.05) is 55.1 Å². The minimum Gasteiger partial charge on any atom is -0.366 e. The zero-order chi connectivity index (χ0) is 31.9. The molecule has 2 aliphatic heterocycles. The molecule has 0 aliphatic carbocycles. The van der Waals surface area contributed by atoms with Crippen LogP contribution >= 0.6 is 11.6 Å². The Balaban J connectivity index is 1.27. The van der Waals surface area contributed by atoms with Crippen LogP contribution in [0.4, 0.5) is 24.5 Å². The van der Waals surface area contributed by atoms with Crippen LogP contribution in [-0.4, -0.2) is 81.3 Å². The second-order valence-electron chi connectivity index (χ2n) is 10.9. The van der Waals surface area contributed by atoms with Crippen molar-refractivity contribution in [1.82, 2.24) is 19.0 Å². The van der Waals surface area contributed by atoms with E-state index in [4.69, 9.17) is 21.8 Å². The maximum atomic E-state index is 13.1. The second kappa shape index (κ2) is 12.5. The molecule has 0 spiro atoms. The van der Waals surface area contributed by atoms with Gasteiger partial charge >= 0.3 is 6.18 Å². The number of hydrogen-bond donors (Lipinski definition) is 2. The highest BCUT2D eigenvalue weighted by Crippen LogP contribution is 2.36. The monoisotopic (exact) mass is 675 g/mol. The molecule has 240 valence electrons. The Bertz CT molecular complexity index is 1720. The van der Waals surface area contributed by atoms with Gasteiger partial charge in [-0.05, 0) is 30.7 Å². The summed E-state index contributed by atoms with van der Waals surface area (Å²) in [6, 6.07) is 9.77. The summed E-state index contributed by atoms with van der Waals surface area (Å²) in [7, 11) is -7.44. The van der Waals surface area contributed by atoms with E-state index in [2.05, 4.69) is 14.5 Å². The lowest BCUT2D eigenvalue weighted by molar-refractivity contribution is -0.137. The lowest BCUT2D eigenvalue weighted by Crippen LogP contribution is -2.47. The molecule has 11 nitrogen and oxygen atoms in total. The van der Waals surface area contributed by atoms with Gasteiger partial charge in [0, 0.05) is 75.6 Å². The molecule has 3 N–H and O–H groups in total. The fourth-order valence-corrected chi connectivity index (χ4v) is 7.19. The molecule has 0 unspecified atom stereocenters. The Hall–Kier alpha value is -2.89. The summed E-state index contributed by atoms with van der Waals surface area (Å²) in [5.41, 5.74) is 2.68. The fourth-order valence-electron chi connectivity index (χ4n) is 5.68. The predicted octanol–water partition coefficient (Wildman–Crippen LogP) is 3.37. The lowest BCUT2D eigenvalue weighted by atomic mass is 10.0. The summed E-state index contributed by atoms with van der Waals surface area (Å²) in [6.45, 7) is 4.18. The number of aromatic nitrogens is 2. The van der Waals surface area contributed by atoms with Gasteiger partial charge in [-0.1, -0.05) is 29.8 Å². The molecule has 2 aromatic carbocycles. The number of fused-ring (bicyclic) bond motifs is 1. The Morgan fingerprint density at radius 3 is 2.27 bits per heavy atom. The summed E-state index contributed by atoms with van der Waals surface area (Å²) in [5, 5.41) is 10.6. The third-order valence-corrected chi connectivity index (χ3v) is 9.69. The number of para-hydroxylation sites is 1. The zero-order valence-corrected chi connectivity index (χ0v) is 26.3. The van der Waals surface area contributed by atoms with Crippen LogP contribution in [0, 0.1) is 0 Å². The molecule has 0 atom stereocenters. The Kier molecular flexibility index (Phi) is 9.22. The van der Waals surface area contributed by atoms with Gasteiger partial charge in [0.15, 0.2) is 0 Å². The third-order valence-electron chi connectivity index (χ3n) is 7.76. The number of sulfonamides is 1. The van der Waals surface area contributed by atoms with E-state index >= 15 is 0 Å². The Morgan fingerprint density at radius 2 is 1.66 bits per heavy atom. The van der Waals surface area contributed by atoms with Gasteiger partial charge in [0.05, 0.1) is 33.9 Å². The standard InChI is InChI=1S/C27H33ClF3N7O4S2/c1-43(39,40)34-23-5-2-4-22(28)26(23)36-16-14-35(15-17-36)11-3-12-38-24-10-13-37(44(32,41)42)18-21(24)25(33-38)19-6-8-20(9-7-19)27(29,30)31/h2,4-9,34H,3,10-18H2,1H3,(H2,32,41,42). The number of nitrogens with zero attached hydrogens (tertiary/aromatic N) is 5. The van der Waals surface area contributed by atoms with Crippen molar-refractivity contribution in [3.8, 4) is 11.3 Å². The Morgan fingerprint density at radius 1 is 0.977 bits per heavy atom. The van der Waals surface area contributed by atoms with Crippen molar-refractivity contribution < 1.29 is 30.0 Å². The normalized spacial score (nSPS) is 17.1. The number of aryl methyl sites for hydroxylation is 1. The lowest BCUT2D eigenvalue weighted by Gasteiger charge is -2.37. The van der Waals surface area contributed by atoms with Gasteiger partial charge in [-0.15, -0.1) is 0 Å². The van der Waals surface area contributed by atoms with E-state index in [1.807, 2.05) is 4.68 Å². The van der Waals surface area contributed by atoms with Crippen molar-refractivity contribution in [2.45, 2.75) is 32.1 Å². The van der Waals surface area contributed by atoms with Crippen molar-refractivity contribution >= 4 is 43.2 Å². The molecule has 1 saturated heterocycles. The molecule has 5 rings (SSSR count). The van der Waals surface area contributed by atoms with Gasteiger partial charge in [-0.25, -0.2) is 13.6 Å². The largest absolute Gasteiger partial charge is 0.416 e. The topological polar surface area (TPSA) is 134 Å². The summed E-state index contributed by atoms with van der Waals surface area (Å²) in [5.74, 6) is 0. The molecule has 1 aromatic heterocycles. The maximum Gasteiger partial charge on any atom is 0.416 e. The van der Waals surface area contributed by atoms with Crippen molar-refractivity contribution in [1.29, 1.82) is 0 Å². The van der Waals surface area contributed by atoms with Crippen molar-refractivity contribution in [3.63, 3.8) is 0 Å². The molecule has 0 amide bonds. The van der Waals surface area contributed by atoms with Crippen molar-refractivity contribution in [3.05, 3.63) is 64.3 Å². The summed E-state index contributed by atoms with van der Waals surface area (Å²) >= 11 is 6.45. The molecule has 0 saturated carbocycles. The summed E-state index contributed by atoms with van der Waals surface area (Å²) in [6.07, 6.45) is -2.28. The Labute approximate surface area is 259 Å². The number of anilines is 2. The molecule has 17 heteroatoms. The van der Waals surface area contributed by atoms with E-state index in [0.29, 0.717) is 59.3 Å².